The first-order valence-corrected chi connectivity index (χ1v) is 8.87. The van der Waals surface area contributed by atoms with Gasteiger partial charge in [0.15, 0.2) is 5.78 Å². The van der Waals surface area contributed by atoms with Gasteiger partial charge in [0, 0.05) is 17.7 Å². The Morgan fingerprint density at radius 2 is 1.88 bits per heavy atom. The molecule has 0 unspecified atom stereocenters. The van der Waals surface area contributed by atoms with Crippen LogP contribution in [0.25, 0.3) is 11.0 Å². The number of carbonyl (C=O) groups is 1. The van der Waals surface area contributed by atoms with E-state index in [2.05, 4.69) is 16.8 Å². The van der Waals surface area contributed by atoms with Gasteiger partial charge >= 0.3 is 0 Å². The van der Waals surface area contributed by atoms with Crippen LogP contribution in [0.15, 0.2) is 59.8 Å². The van der Waals surface area contributed by atoms with Gasteiger partial charge in [0.1, 0.15) is 5.82 Å². The average Bonchev–Trinajstić information content (AvgIpc) is 2.98. The monoisotopic (exact) mass is 347 g/mol. The molecule has 0 spiro atoms. The van der Waals surface area contributed by atoms with Gasteiger partial charge in [0.05, 0.1) is 17.1 Å². The first-order valence-electron chi connectivity index (χ1n) is 8.87. The first kappa shape index (κ1) is 15.3. The molecule has 130 valence electrons. The van der Waals surface area contributed by atoms with Gasteiger partial charge in [0.25, 0.3) is 0 Å². The Morgan fingerprint density at radius 1 is 1.12 bits per heavy atom. The maximum atomic E-state index is 13.5. The summed E-state index contributed by atoms with van der Waals surface area (Å²) in [5.41, 5.74) is 4.47. The predicted molar refractivity (Wildman–Crippen MR) is 98.3 cm³/mol. The van der Waals surface area contributed by atoms with Crippen LogP contribution in [0.1, 0.15) is 31.4 Å². The van der Waals surface area contributed by atoms with Gasteiger partial charge < -0.3 is 5.32 Å². The number of rotatable bonds is 1. The number of imidazole rings is 1. The lowest BCUT2D eigenvalue weighted by Crippen LogP contribution is -2.33. The highest BCUT2D eigenvalue weighted by molar-refractivity contribution is 6.00. The van der Waals surface area contributed by atoms with Crippen molar-refractivity contribution in [3.8, 4) is 0 Å². The molecule has 1 aromatic heterocycles. The van der Waals surface area contributed by atoms with Crippen LogP contribution in [0.2, 0.25) is 0 Å². The van der Waals surface area contributed by atoms with Gasteiger partial charge in [-0.05, 0) is 42.2 Å². The summed E-state index contributed by atoms with van der Waals surface area (Å²) in [5.74, 6) is 0.917. The number of hydrogen-bond donors (Lipinski definition) is 1. The van der Waals surface area contributed by atoms with Gasteiger partial charge in [0.2, 0.25) is 5.95 Å². The Bertz CT molecular complexity index is 1060. The number of carbonyl (C=O) groups excluding carboxylic acids is 1. The molecule has 2 aliphatic rings. The lowest BCUT2D eigenvalue weighted by Gasteiger charge is -2.35. The van der Waals surface area contributed by atoms with Crippen molar-refractivity contribution in [2.75, 3.05) is 5.32 Å². The molecule has 0 radical (unpaired) electrons. The molecule has 1 aliphatic carbocycles. The van der Waals surface area contributed by atoms with E-state index in [1.807, 2.05) is 24.3 Å². The van der Waals surface area contributed by atoms with E-state index in [0.717, 1.165) is 40.2 Å². The molecule has 1 N–H and O–H groups in total. The van der Waals surface area contributed by atoms with Crippen LogP contribution in [0.5, 0.6) is 0 Å². The van der Waals surface area contributed by atoms with E-state index in [1.54, 1.807) is 12.1 Å². The molecule has 26 heavy (non-hydrogen) atoms. The van der Waals surface area contributed by atoms with Gasteiger partial charge in [-0.2, -0.15) is 0 Å². The summed E-state index contributed by atoms with van der Waals surface area (Å²) >= 11 is 0. The minimum atomic E-state index is -0.283. The number of anilines is 1. The number of hydrogen-bond acceptors (Lipinski definition) is 3. The maximum Gasteiger partial charge on any atom is 0.209 e. The molecule has 0 fully saturated rings. The van der Waals surface area contributed by atoms with Crippen molar-refractivity contribution in [2.45, 2.75) is 25.8 Å². The van der Waals surface area contributed by atoms with E-state index < -0.39 is 0 Å². The molecule has 5 rings (SSSR count). The van der Waals surface area contributed by atoms with Crippen molar-refractivity contribution in [1.29, 1.82) is 0 Å². The fraction of sp³-hybridized carbons (Fsp3) is 0.238. The summed E-state index contributed by atoms with van der Waals surface area (Å²) in [6.45, 7) is 2.09. The lowest BCUT2D eigenvalue weighted by atomic mass is 9.81. The summed E-state index contributed by atoms with van der Waals surface area (Å²) in [7, 11) is 0. The third-order valence-corrected chi connectivity index (χ3v) is 5.29. The molecule has 4 nitrogen and oxygen atoms in total. The number of nitrogens with one attached hydrogen (secondary N) is 1. The Labute approximate surface area is 150 Å². The van der Waals surface area contributed by atoms with Crippen LogP contribution in [-0.2, 0) is 4.79 Å². The second kappa shape index (κ2) is 5.53. The standard InChI is InChI=1S/C21H18FN3O/c1-12-10-16-19(18(26)11-12)20(13-6-8-14(22)9-7-13)25-17-5-3-2-4-15(17)23-21(25)24-16/h2-9,12,20H,10-11H2,1H3,(H,23,24)/t12-,20-/m1/s1. The topological polar surface area (TPSA) is 46.9 Å². The number of fused-ring (bicyclic) bond motifs is 3. The molecule has 2 atom stereocenters. The van der Waals surface area contributed by atoms with Crippen molar-refractivity contribution in [1.82, 2.24) is 9.55 Å². The molecule has 1 aliphatic heterocycles. The van der Waals surface area contributed by atoms with Gasteiger partial charge in [-0.1, -0.05) is 31.2 Å². The number of Topliss-reactive ketones (excluding diaryl/α,β-unsaturated/α-hetero) is 1. The highest BCUT2D eigenvalue weighted by Gasteiger charge is 2.38. The lowest BCUT2D eigenvalue weighted by molar-refractivity contribution is -0.117. The Hall–Kier alpha value is -2.95. The molecule has 5 heteroatoms. The van der Waals surface area contributed by atoms with Crippen LogP contribution in [-0.4, -0.2) is 15.3 Å². The SMILES string of the molecule is C[C@H]1CC(=O)C2=C(C1)Nc1nc3ccccc3n1[C@@H]2c1ccc(F)cc1. The fourth-order valence-corrected chi connectivity index (χ4v) is 4.18. The van der Waals surface area contributed by atoms with Crippen molar-refractivity contribution in [2.24, 2.45) is 5.92 Å². The van der Waals surface area contributed by atoms with E-state index in [4.69, 9.17) is 4.98 Å². The van der Waals surface area contributed by atoms with E-state index in [9.17, 15) is 9.18 Å². The average molecular weight is 347 g/mol. The number of benzene rings is 2. The number of aromatic nitrogens is 2. The number of para-hydroxylation sites is 2. The molecule has 2 aromatic carbocycles. The molecule has 2 heterocycles. The number of allylic oxidation sites excluding steroid dienone is 2. The smallest absolute Gasteiger partial charge is 0.209 e. The largest absolute Gasteiger partial charge is 0.329 e. The number of nitrogens with zero attached hydrogens (tertiary/aromatic N) is 2. The van der Waals surface area contributed by atoms with E-state index in [1.165, 1.54) is 12.1 Å². The van der Waals surface area contributed by atoms with Crippen LogP contribution in [0.3, 0.4) is 0 Å². The summed E-state index contributed by atoms with van der Waals surface area (Å²) in [5, 5.41) is 3.40. The first-order chi connectivity index (χ1) is 12.6. The van der Waals surface area contributed by atoms with Crippen molar-refractivity contribution >= 4 is 22.8 Å². The highest BCUT2D eigenvalue weighted by atomic mass is 19.1. The minimum absolute atomic E-state index is 0.156. The predicted octanol–water partition coefficient (Wildman–Crippen LogP) is 4.44. The van der Waals surface area contributed by atoms with Crippen molar-refractivity contribution in [3.05, 3.63) is 71.2 Å². The molecular weight excluding hydrogens is 329 g/mol. The van der Waals surface area contributed by atoms with E-state index in [-0.39, 0.29) is 17.6 Å². The van der Waals surface area contributed by atoms with Crippen molar-refractivity contribution in [3.63, 3.8) is 0 Å². The molecule has 0 bridgehead atoms. The maximum absolute atomic E-state index is 13.5. The molecule has 3 aromatic rings. The summed E-state index contributed by atoms with van der Waals surface area (Å²) in [4.78, 5) is 17.7. The second-order valence-electron chi connectivity index (χ2n) is 7.20. The fourth-order valence-electron chi connectivity index (χ4n) is 4.18. The van der Waals surface area contributed by atoms with Gasteiger partial charge in [-0.3, -0.25) is 9.36 Å². The Morgan fingerprint density at radius 3 is 2.69 bits per heavy atom. The zero-order valence-electron chi connectivity index (χ0n) is 14.4. The van der Waals surface area contributed by atoms with Crippen LogP contribution < -0.4 is 5.32 Å². The molecule has 0 saturated carbocycles. The zero-order valence-corrected chi connectivity index (χ0v) is 14.4. The normalized spacial score (nSPS) is 22.2. The van der Waals surface area contributed by atoms with E-state index >= 15 is 0 Å². The third kappa shape index (κ3) is 2.20. The number of halogens is 1. The minimum Gasteiger partial charge on any atom is -0.329 e. The molecule has 0 amide bonds. The Balaban J connectivity index is 1.79. The van der Waals surface area contributed by atoms with Crippen LogP contribution in [0.4, 0.5) is 10.3 Å². The summed E-state index contributed by atoms with van der Waals surface area (Å²) < 4.78 is 15.6. The van der Waals surface area contributed by atoms with Crippen molar-refractivity contribution < 1.29 is 9.18 Å². The van der Waals surface area contributed by atoms with Crippen LogP contribution >= 0.6 is 0 Å². The summed E-state index contributed by atoms with van der Waals surface area (Å²) in [6, 6.07) is 14.0. The molecule has 0 saturated heterocycles. The third-order valence-electron chi connectivity index (χ3n) is 5.29. The van der Waals surface area contributed by atoms with Gasteiger partial charge in [-0.15, -0.1) is 0 Å². The molecular formula is C21H18FN3O. The summed E-state index contributed by atoms with van der Waals surface area (Å²) in [6.07, 6.45) is 1.36. The zero-order chi connectivity index (χ0) is 17.8. The quantitative estimate of drug-likeness (QED) is 0.708. The second-order valence-corrected chi connectivity index (χ2v) is 7.20. The highest BCUT2D eigenvalue weighted by Crippen LogP contribution is 2.43. The van der Waals surface area contributed by atoms with E-state index in [0.29, 0.717) is 12.3 Å². The van der Waals surface area contributed by atoms with Crippen LogP contribution in [0, 0.1) is 11.7 Å². The van der Waals surface area contributed by atoms with Gasteiger partial charge in [-0.25, -0.2) is 9.37 Å². The Kier molecular flexibility index (Phi) is 3.26. The number of ketones is 1.